The van der Waals surface area contributed by atoms with Gasteiger partial charge in [-0.15, -0.1) is 0 Å². The minimum Gasteiger partial charge on any atom is -0.497 e. The number of likely N-dealkylation sites (tertiary alicyclic amines) is 1. The van der Waals surface area contributed by atoms with Crippen LogP contribution >= 0.6 is 0 Å². The first-order valence-corrected chi connectivity index (χ1v) is 10.1. The van der Waals surface area contributed by atoms with Gasteiger partial charge in [0.25, 0.3) is 0 Å². The van der Waals surface area contributed by atoms with Gasteiger partial charge in [0.05, 0.1) is 12.9 Å². The number of nitrogens with one attached hydrogen (secondary N) is 1. The van der Waals surface area contributed by atoms with Crippen LogP contribution in [-0.4, -0.2) is 45.8 Å². The number of benzene rings is 1. The van der Waals surface area contributed by atoms with Gasteiger partial charge in [0, 0.05) is 12.6 Å². The minimum absolute atomic E-state index is 0.0832. The molecule has 1 fully saturated rings. The standard InChI is InChI=1S/C17H28N2O3S/c1-3-4-13-23(20,21)18-14-17(19-11-5-6-12-19)15-7-9-16(22-2)10-8-15/h7-10,17-18H,3-6,11-14H2,1-2H3. The molecule has 1 aliphatic heterocycles. The molecule has 23 heavy (non-hydrogen) atoms. The molecule has 2 rings (SSSR count). The van der Waals surface area contributed by atoms with E-state index in [0.717, 1.165) is 30.8 Å². The lowest BCUT2D eigenvalue weighted by Gasteiger charge is -2.28. The van der Waals surface area contributed by atoms with Crippen LogP contribution in [-0.2, 0) is 10.0 Å². The topological polar surface area (TPSA) is 58.6 Å². The van der Waals surface area contributed by atoms with Crippen molar-refractivity contribution in [1.82, 2.24) is 9.62 Å². The van der Waals surface area contributed by atoms with Crippen LogP contribution in [0.2, 0.25) is 0 Å². The molecule has 1 aromatic carbocycles. The number of unbranched alkanes of at least 4 members (excludes halogenated alkanes) is 1. The summed E-state index contributed by atoms with van der Waals surface area (Å²) >= 11 is 0. The molecule has 130 valence electrons. The van der Waals surface area contributed by atoms with Crippen LogP contribution in [0.15, 0.2) is 24.3 Å². The Morgan fingerprint density at radius 1 is 1.22 bits per heavy atom. The Morgan fingerprint density at radius 3 is 2.43 bits per heavy atom. The Morgan fingerprint density at radius 2 is 1.87 bits per heavy atom. The van der Waals surface area contributed by atoms with Gasteiger partial charge in [-0.05, 0) is 50.0 Å². The summed E-state index contributed by atoms with van der Waals surface area (Å²) in [5, 5.41) is 0. The molecule has 1 saturated heterocycles. The highest BCUT2D eigenvalue weighted by Gasteiger charge is 2.25. The molecule has 1 unspecified atom stereocenters. The Bertz CT molecular complexity index is 566. The number of sulfonamides is 1. The van der Waals surface area contributed by atoms with Gasteiger partial charge in [-0.2, -0.15) is 0 Å². The highest BCUT2D eigenvalue weighted by atomic mass is 32.2. The molecule has 0 radical (unpaired) electrons. The Labute approximate surface area is 140 Å². The first-order valence-electron chi connectivity index (χ1n) is 8.41. The van der Waals surface area contributed by atoms with Crippen LogP contribution < -0.4 is 9.46 Å². The predicted octanol–water partition coefficient (Wildman–Crippen LogP) is 2.55. The third-order valence-electron chi connectivity index (χ3n) is 4.35. The molecule has 1 aliphatic rings. The molecule has 1 heterocycles. The highest BCUT2D eigenvalue weighted by molar-refractivity contribution is 7.89. The van der Waals surface area contributed by atoms with Crippen molar-refractivity contribution in [2.45, 2.75) is 38.6 Å². The lowest BCUT2D eigenvalue weighted by Crippen LogP contribution is -2.37. The monoisotopic (exact) mass is 340 g/mol. The quantitative estimate of drug-likeness (QED) is 0.750. The van der Waals surface area contributed by atoms with Crippen molar-refractivity contribution in [3.63, 3.8) is 0 Å². The molecule has 0 aromatic heterocycles. The molecule has 1 aromatic rings. The van der Waals surface area contributed by atoms with Crippen molar-refractivity contribution in [1.29, 1.82) is 0 Å². The summed E-state index contributed by atoms with van der Waals surface area (Å²) in [5.41, 5.74) is 1.13. The zero-order valence-corrected chi connectivity index (χ0v) is 14.9. The second kappa shape index (κ2) is 8.66. The van der Waals surface area contributed by atoms with Gasteiger partial charge < -0.3 is 4.74 Å². The molecular formula is C17H28N2O3S. The second-order valence-corrected chi connectivity index (χ2v) is 7.98. The smallest absolute Gasteiger partial charge is 0.211 e. The van der Waals surface area contributed by atoms with Crippen LogP contribution in [0.1, 0.15) is 44.2 Å². The molecule has 6 heteroatoms. The number of hydrogen-bond acceptors (Lipinski definition) is 4. The molecule has 1 N–H and O–H groups in total. The largest absolute Gasteiger partial charge is 0.497 e. The van der Waals surface area contributed by atoms with Crippen molar-refractivity contribution in [2.75, 3.05) is 32.5 Å². The first kappa shape index (κ1) is 18.2. The maximum absolute atomic E-state index is 12.1. The van der Waals surface area contributed by atoms with Crippen molar-refractivity contribution in [3.05, 3.63) is 29.8 Å². The Hall–Kier alpha value is -1.11. The number of rotatable bonds is 9. The van der Waals surface area contributed by atoms with E-state index in [1.165, 1.54) is 12.8 Å². The summed E-state index contributed by atoms with van der Waals surface area (Å²) in [6, 6.07) is 8.01. The Kier molecular flexibility index (Phi) is 6.87. The second-order valence-electron chi connectivity index (χ2n) is 6.05. The van der Waals surface area contributed by atoms with Crippen LogP contribution in [0.5, 0.6) is 5.75 Å². The minimum atomic E-state index is -3.19. The van der Waals surface area contributed by atoms with Gasteiger partial charge in [-0.3, -0.25) is 4.90 Å². The summed E-state index contributed by atoms with van der Waals surface area (Å²) in [6.45, 7) is 4.47. The molecule has 0 spiro atoms. The van der Waals surface area contributed by atoms with Crippen LogP contribution in [0.3, 0.4) is 0 Å². The van der Waals surface area contributed by atoms with E-state index in [-0.39, 0.29) is 11.8 Å². The maximum Gasteiger partial charge on any atom is 0.211 e. The van der Waals surface area contributed by atoms with E-state index in [1.807, 2.05) is 31.2 Å². The fraction of sp³-hybridized carbons (Fsp3) is 0.647. The third-order valence-corrected chi connectivity index (χ3v) is 5.78. The summed E-state index contributed by atoms with van der Waals surface area (Å²) in [6.07, 6.45) is 3.94. The number of hydrogen-bond donors (Lipinski definition) is 1. The van der Waals surface area contributed by atoms with Gasteiger partial charge in [-0.1, -0.05) is 25.5 Å². The SMILES string of the molecule is CCCCS(=O)(=O)NCC(c1ccc(OC)cc1)N1CCCC1. The average Bonchev–Trinajstić information content (AvgIpc) is 3.08. The summed E-state index contributed by atoms with van der Waals surface area (Å²) < 4.78 is 32.2. The van der Waals surface area contributed by atoms with E-state index in [1.54, 1.807) is 7.11 Å². The number of ether oxygens (including phenoxy) is 1. The van der Waals surface area contributed by atoms with E-state index in [4.69, 9.17) is 4.74 Å². The van der Waals surface area contributed by atoms with Gasteiger partial charge in [0.15, 0.2) is 0 Å². The van der Waals surface area contributed by atoms with Gasteiger partial charge in [0.2, 0.25) is 10.0 Å². The lowest BCUT2D eigenvalue weighted by molar-refractivity contribution is 0.246. The van der Waals surface area contributed by atoms with E-state index in [0.29, 0.717) is 13.0 Å². The fourth-order valence-corrected chi connectivity index (χ4v) is 4.17. The zero-order valence-electron chi connectivity index (χ0n) is 14.1. The summed E-state index contributed by atoms with van der Waals surface area (Å²) in [7, 11) is -1.54. The molecule has 1 atom stereocenters. The molecule has 0 amide bonds. The van der Waals surface area contributed by atoms with E-state index >= 15 is 0 Å². The van der Waals surface area contributed by atoms with Crippen molar-refractivity contribution >= 4 is 10.0 Å². The average molecular weight is 340 g/mol. The summed E-state index contributed by atoms with van der Waals surface area (Å²) in [5.74, 6) is 1.02. The normalized spacial score (nSPS) is 17.3. The fourth-order valence-electron chi connectivity index (χ4n) is 2.95. The molecular weight excluding hydrogens is 312 g/mol. The van der Waals surface area contributed by atoms with E-state index < -0.39 is 10.0 Å². The lowest BCUT2D eigenvalue weighted by atomic mass is 10.1. The number of nitrogens with zero attached hydrogens (tertiary/aromatic N) is 1. The van der Waals surface area contributed by atoms with Crippen molar-refractivity contribution in [2.24, 2.45) is 0 Å². The van der Waals surface area contributed by atoms with Gasteiger partial charge in [0.1, 0.15) is 5.75 Å². The van der Waals surface area contributed by atoms with Crippen molar-refractivity contribution in [3.8, 4) is 5.75 Å². The number of methoxy groups -OCH3 is 1. The summed E-state index contributed by atoms with van der Waals surface area (Å²) in [4.78, 5) is 2.37. The zero-order chi connectivity index (χ0) is 16.7. The third kappa shape index (κ3) is 5.48. The van der Waals surface area contributed by atoms with Crippen LogP contribution in [0.25, 0.3) is 0 Å². The molecule has 0 bridgehead atoms. The van der Waals surface area contributed by atoms with E-state index in [9.17, 15) is 8.42 Å². The van der Waals surface area contributed by atoms with Crippen LogP contribution in [0, 0.1) is 0 Å². The maximum atomic E-state index is 12.1. The molecule has 0 aliphatic carbocycles. The first-order chi connectivity index (χ1) is 11.1. The van der Waals surface area contributed by atoms with E-state index in [2.05, 4.69) is 9.62 Å². The highest BCUT2D eigenvalue weighted by Crippen LogP contribution is 2.26. The molecule has 5 nitrogen and oxygen atoms in total. The molecule has 0 saturated carbocycles. The van der Waals surface area contributed by atoms with Crippen molar-refractivity contribution < 1.29 is 13.2 Å². The van der Waals surface area contributed by atoms with Gasteiger partial charge in [-0.25, -0.2) is 13.1 Å². The van der Waals surface area contributed by atoms with Gasteiger partial charge >= 0.3 is 0 Å². The van der Waals surface area contributed by atoms with Crippen LogP contribution in [0.4, 0.5) is 0 Å². The predicted molar refractivity (Wildman–Crippen MR) is 93.2 cm³/mol. The Balaban J connectivity index is 2.07.